The van der Waals surface area contributed by atoms with Gasteiger partial charge in [-0.15, -0.1) is 0 Å². The van der Waals surface area contributed by atoms with Gasteiger partial charge < -0.3 is 10.5 Å². The number of ether oxygens (including phenoxy) is 1. The van der Waals surface area contributed by atoms with E-state index < -0.39 is 0 Å². The molecule has 66 valence electrons. The molecule has 2 N–H and O–H groups in total. The average molecular weight is 186 g/mol. The number of rotatable bonds is 3. The van der Waals surface area contributed by atoms with Crippen molar-refractivity contribution in [3.8, 4) is 0 Å². The highest BCUT2D eigenvalue weighted by Gasteiger charge is 2.07. The van der Waals surface area contributed by atoms with Crippen molar-refractivity contribution in [2.24, 2.45) is 5.73 Å². The second-order valence-electron chi connectivity index (χ2n) is 2.58. The van der Waals surface area contributed by atoms with E-state index in [4.69, 9.17) is 22.1 Å². The topological polar surface area (TPSA) is 35.2 Å². The van der Waals surface area contributed by atoms with Crippen LogP contribution in [0.3, 0.4) is 0 Å². The van der Waals surface area contributed by atoms with Crippen LogP contribution in [-0.4, -0.2) is 13.7 Å². The number of methoxy groups -OCH3 is 1. The monoisotopic (exact) mass is 185 g/mol. The van der Waals surface area contributed by atoms with Gasteiger partial charge in [-0.05, 0) is 11.6 Å². The van der Waals surface area contributed by atoms with Gasteiger partial charge in [0.2, 0.25) is 0 Å². The third kappa shape index (κ3) is 2.21. The second-order valence-corrected chi connectivity index (χ2v) is 2.99. The van der Waals surface area contributed by atoms with Crippen LogP contribution in [0.1, 0.15) is 11.6 Å². The number of halogens is 1. The van der Waals surface area contributed by atoms with Gasteiger partial charge in [-0.25, -0.2) is 0 Å². The predicted molar refractivity (Wildman–Crippen MR) is 50.3 cm³/mol. The summed E-state index contributed by atoms with van der Waals surface area (Å²) in [5.41, 5.74) is 6.73. The molecule has 0 radical (unpaired) electrons. The molecule has 0 fully saturated rings. The zero-order valence-electron chi connectivity index (χ0n) is 6.96. The minimum Gasteiger partial charge on any atom is -0.383 e. The third-order valence-electron chi connectivity index (χ3n) is 1.65. The summed E-state index contributed by atoms with van der Waals surface area (Å²) < 4.78 is 4.93. The zero-order chi connectivity index (χ0) is 8.97. The van der Waals surface area contributed by atoms with Crippen molar-refractivity contribution in [2.75, 3.05) is 13.7 Å². The van der Waals surface area contributed by atoms with Gasteiger partial charge in [0.15, 0.2) is 0 Å². The molecule has 2 nitrogen and oxygen atoms in total. The molecule has 0 amide bonds. The maximum absolute atomic E-state index is 5.92. The highest BCUT2D eigenvalue weighted by Crippen LogP contribution is 2.20. The summed E-state index contributed by atoms with van der Waals surface area (Å²) in [6, 6.07) is 7.39. The van der Waals surface area contributed by atoms with Crippen molar-refractivity contribution >= 4 is 11.6 Å². The van der Waals surface area contributed by atoms with Crippen molar-refractivity contribution < 1.29 is 4.74 Å². The van der Waals surface area contributed by atoms with Crippen LogP contribution in [0.15, 0.2) is 24.3 Å². The zero-order valence-corrected chi connectivity index (χ0v) is 7.71. The predicted octanol–water partition coefficient (Wildman–Crippen LogP) is 1.99. The molecule has 0 bridgehead atoms. The van der Waals surface area contributed by atoms with Crippen molar-refractivity contribution in [3.63, 3.8) is 0 Å². The molecule has 0 aromatic heterocycles. The molecule has 0 saturated heterocycles. The molecule has 0 aliphatic heterocycles. The van der Waals surface area contributed by atoms with E-state index in [1.165, 1.54) is 0 Å². The molecular formula is C9H12ClNO. The summed E-state index contributed by atoms with van der Waals surface area (Å²) in [7, 11) is 1.62. The number of hydrogen-bond donors (Lipinski definition) is 1. The first kappa shape index (κ1) is 9.52. The quantitative estimate of drug-likeness (QED) is 0.782. The molecule has 0 aliphatic rings. The maximum Gasteiger partial charge on any atom is 0.0656 e. The first-order chi connectivity index (χ1) is 5.75. The van der Waals surface area contributed by atoms with Crippen molar-refractivity contribution in [1.29, 1.82) is 0 Å². The molecule has 1 aromatic rings. The van der Waals surface area contributed by atoms with E-state index in [-0.39, 0.29) is 6.04 Å². The minimum atomic E-state index is -0.135. The average Bonchev–Trinajstić information content (AvgIpc) is 2.05. The van der Waals surface area contributed by atoms with Crippen molar-refractivity contribution in [3.05, 3.63) is 34.9 Å². The lowest BCUT2D eigenvalue weighted by Gasteiger charge is -2.11. The standard InChI is InChI=1S/C9H12ClNO/c1-12-6-9(11)7-4-2-3-5-8(7)10/h2-5,9H,6,11H2,1H3/t9-/m1/s1. The molecule has 0 saturated carbocycles. The first-order valence-electron chi connectivity index (χ1n) is 3.74. The van der Waals surface area contributed by atoms with E-state index in [1.54, 1.807) is 7.11 Å². The Hall–Kier alpha value is -0.570. The second kappa shape index (κ2) is 4.45. The van der Waals surface area contributed by atoms with E-state index >= 15 is 0 Å². The van der Waals surface area contributed by atoms with E-state index in [0.29, 0.717) is 11.6 Å². The fourth-order valence-corrected chi connectivity index (χ4v) is 1.32. The lowest BCUT2D eigenvalue weighted by molar-refractivity contribution is 0.181. The summed E-state index contributed by atoms with van der Waals surface area (Å²) in [5.74, 6) is 0. The molecule has 0 aliphatic carbocycles. The van der Waals surface area contributed by atoms with E-state index in [2.05, 4.69) is 0 Å². The fourth-order valence-electron chi connectivity index (χ4n) is 1.05. The number of nitrogens with two attached hydrogens (primary N) is 1. The molecule has 1 atom stereocenters. The van der Waals surface area contributed by atoms with Gasteiger partial charge >= 0.3 is 0 Å². The molecule has 12 heavy (non-hydrogen) atoms. The first-order valence-corrected chi connectivity index (χ1v) is 4.12. The Labute approximate surface area is 77.3 Å². The van der Waals surface area contributed by atoms with Crippen molar-refractivity contribution in [2.45, 2.75) is 6.04 Å². The van der Waals surface area contributed by atoms with Gasteiger partial charge in [0.05, 0.1) is 12.6 Å². The Morgan fingerprint density at radius 2 is 2.17 bits per heavy atom. The van der Waals surface area contributed by atoms with Gasteiger partial charge in [-0.2, -0.15) is 0 Å². The normalized spacial score (nSPS) is 12.9. The summed E-state index contributed by atoms with van der Waals surface area (Å²) in [4.78, 5) is 0. The Morgan fingerprint density at radius 3 is 2.75 bits per heavy atom. The SMILES string of the molecule is COC[C@@H](N)c1ccccc1Cl. The molecule has 0 spiro atoms. The van der Waals surface area contributed by atoms with Crippen LogP contribution in [0.2, 0.25) is 5.02 Å². The Kier molecular flexibility index (Phi) is 3.53. The highest BCUT2D eigenvalue weighted by molar-refractivity contribution is 6.31. The summed E-state index contributed by atoms with van der Waals surface area (Å²) in [5, 5.41) is 0.696. The minimum absolute atomic E-state index is 0.135. The molecule has 1 aromatic carbocycles. The van der Waals surface area contributed by atoms with Crippen LogP contribution < -0.4 is 5.73 Å². The van der Waals surface area contributed by atoms with Crippen LogP contribution in [0.25, 0.3) is 0 Å². The number of hydrogen-bond acceptors (Lipinski definition) is 2. The van der Waals surface area contributed by atoms with Gasteiger partial charge in [-0.3, -0.25) is 0 Å². The molecule has 3 heteroatoms. The molecule has 0 unspecified atom stereocenters. The summed E-state index contributed by atoms with van der Waals surface area (Å²) >= 11 is 5.92. The van der Waals surface area contributed by atoms with Crippen LogP contribution in [0.4, 0.5) is 0 Å². The van der Waals surface area contributed by atoms with Crippen LogP contribution in [-0.2, 0) is 4.74 Å². The van der Waals surface area contributed by atoms with E-state index in [9.17, 15) is 0 Å². The maximum atomic E-state index is 5.92. The Balaban J connectivity index is 2.79. The van der Waals surface area contributed by atoms with Gasteiger partial charge in [0.25, 0.3) is 0 Å². The van der Waals surface area contributed by atoms with Crippen molar-refractivity contribution in [1.82, 2.24) is 0 Å². The lowest BCUT2D eigenvalue weighted by Crippen LogP contribution is -2.16. The van der Waals surface area contributed by atoms with E-state index in [0.717, 1.165) is 5.56 Å². The highest BCUT2D eigenvalue weighted by atomic mass is 35.5. The summed E-state index contributed by atoms with van der Waals surface area (Å²) in [6.07, 6.45) is 0. The third-order valence-corrected chi connectivity index (χ3v) is 2.00. The van der Waals surface area contributed by atoms with Crippen LogP contribution in [0, 0.1) is 0 Å². The summed E-state index contributed by atoms with van der Waals surface area (Å²) in [6.45, 7) is 0.490. The van der Waals surface area contributed by atoms with Gasteiger partial charge in [-0.1, -0.05) is 29.8 Å². The molecular weight excluding hydrogens is 174 g/mol. The van der Waals surface area contributed by atoms with Gasteiger partial charge in [0, 0.05) is 12.1 Å². The Morgan fingerprint density at radius 1 is 1.50 bits per heavy atom. The van der Waals surface area contributed by atoms with Gasteiger partial charge in [0.1, 0.15) is 0 Å². The van der Waals surface area contributed by atoms with E-state index in [1.807, 2.05) is 24.3 Å². The van der Waals surface area contributed by atoms with Crippen LogP contribution >= 0.6 is 11.6 Å². The number of benzene rings is 1. The Bertz CT molecular complexity index is 252. The molecule has 1 rings (SSSR count). The fraction of sp³-hybridized carbons (Fsp3) is 0.333. The largest absolute Gasteiger partial charge is 0.383 e. The molecule has 0 heterocycles. The lowest BCUT2D eigenvalue weighted by atomic mass is 10.1. The van der Waals surface area contributed by atoms with Crippen LogP contribution in [0.5, 0.6) is 0 Å². The smallest absolute Gasteiger partial charge is 0.0656 e.